The Morgan fingerprint density at radius 2 is 1.11 bits per heavy atom. The molecule has 0 saturated carbocycles. The fourth-order valence-electron chi connectivity index (χ4n) is 3.07. The zero-order valence-electron chi connectivity index (χ0n) is 18.2. The zero-order chi connectivity index (χ0) is 21.3. The Hall–Kier alpha value is -0.0100. The lowest BCUT2D eigenvalue weighted by Gasteiger charge is -2.27. The number of hydrogen-bond donors (Lipinski definition) is 3. The number of aliphatic hydroxyl groups excluding tert-OH is 2. The molecule has 0 aliphatic rings. The third kappa shape index (κ3) is 16.9. The molecule has 0 rings (SSSR count). The van der Waals surface area contributed by atoms with E-state index in [1.54, 1.807) is 0 Å². The molecular weight excluding hydrogens is 381 g/mol. The molecule has 3 unspecified atom stereocenters. The van der Waals surface area contributed by atoms with Crippen LogP contribution in [0, 0.1) is 0 Å². The van der Waals surface area contributed by atoms with Crippen LogP contribution in [0.3, 0.4) is 0 Å². The van der Waals surface area contributed by atoms with Gasteiger partial charge < -0.3 is 15.1 Å². The Kier molecular flexibility index (Phi) is 17.8. The number of hydrogen-bond acceptors (Lipinski definition) is 6. The lowest BCUT2D eigenvalue weighted by atomic mass is 10.0. The molecule has 0 amide bonds. The summed E-state index contributed by atoms with van der Waals surface area (Å²) < 4.78 is 21.4. The van der Waals surface area contributed by atoms with Crippen molar-refractivity contribution in [3.8, 4) is 0 Å². The van der Waals surface area contributed by atoms with Crippen molar-refractivity contribution >= 4 is 7.82 Å². The first-order valence-corrected chi connectivity index (χ1v) is 12.6. The Balaban J connectivity index is 3.50. The summed E-state index contributed by atoms with van der Waals surface area (Å²) >= 11 is 0. The molecule has 0 aromatic carbocycles. The van der Waals surface area contributed by atoms with Crippen molar-refractivity contribution in [3.63, 3.8) is 0 Å². The molecule has 0 heterocycles. The molecule has 0 radical (unpaired) electrons. The average Bonchev–Trinajstić information content (AvgIpc) is 2.62. The smallest absolute Gasteiger partial charge is 0.376 e. The van der Waals surface area contributed by atoms with Gasteiger partial charge in [-0.15, -0.1) is 5.06 Å². The van der Waals surface area contributed by atoms with E-state index in [-0.39, 0.29) is 6.61 Å². The monoisotopic (exact) mass is 425 g/mol. The molecule has 0 bridgehead atoms. The van der Waals surface area contributed by atoms with Crippen LogP contribution in [0.4, 0.5) is 0 Å². The van der Waals surface area contributed by atoms with Gasteiger partial charge in [0.1, 0.15) is 12.5 Å². The number of rotatable bonds is 20. The summed E-state index contributed by atoms with van der Waals surface area (Å²) in [6.45, 7) is 5.00. The summed E-state index contributed by atoms with van der Waals surface area (Å²) in [5, 5.41) is 19.4. The van der Waals surface area contributed by atoms with Crippen LogP contribution in [0.1, 0.15) is 111 Å². The highest BCUT2D eigenvalue weighted by Gasteiger charge is 2.30. The third-order valence-corrected chi connectivity index (χ3v) is 5.59. The quantitative estimate of drug-likeness (QED) is 0.103. The second kappa shape index (κ2) is 17.8. The van der Waals surface area contributed by atoms with Crippen molar-refractivity contribution in [2.24, 2.45) is 0 Å². The van der Waals surface area contributed by atoms with Gasteiger partial charge in [-0.3, -0.25) is 4.52 Å². The first-order chi connectivity index (χ1) is 13.3. The lowest BCUT2D eigenvalue weighted by molar-refractivity contribution is -0.246. The molecule has 0 aromatic rings. The van der Waals surface area contributed by atoms with E-state index in [9.17, 15) is 19.7 Å². The summed E-state index contributed by atoms with van der Waals surface area (Å²) in [5.74, 6) is 0. The molecule has 0 aliphatic heterocycles. The predicted molar refractivity (Wildman–Crippen MR) is 112 cm³/mol. The Labute approximate surface area is 172 Å². The second-order valence-electron chi connectivity index (χ2n) is 7.60. The van der Waals surface area contributed by atoms with Gasteiger partial charge in [0.2, 0.25) is 0 Å². The molecule has 28 heavy (non-hydrogen) atoms. The lowest BCUT2D eigenvalue weighted by Crippen LogP contribution is -2.39. The highest BCUT2D eigenvalue weighted by atomic mass is 31.2. The van der Waals surface area contributed by atoms with E-state index in [0.29, 0.717) is 11.5 Å². The first kappa shape index (κ1) is 28.0. The number of aliphatic hydroxyl groups is 2. The Morgan fingerprint density at radius 1 is 0.750 bits per heavy atom. The van der Waals surface area contributed by atoms with E-state index in [1.165, 1.54) is 84.5 Å². The van der Waals surface area contributed by atoms with E-state index in [2.05, 4.69) is 6.92 Å². The maximum absolute atomic E-state index is 11.8. The predicted octanol–water partition coefficient (Wildman–Crippen LogP) is 5.49. The largest absolute Gasteiger partial charge is 0.489 e. The number of unbranched alkanes of at least 4 members (excludes halogenated alkanes) is 13. The van der Waals surface area contributed by atoms with Crippen LogP contribution in [-0.2, 0) is 13.7 Å². The topological polar surface area (TPSA) is 99.5 Å². The molecule has 0 spiro atoms. The van der Waals surface area contributed by atoms with Gasteiger partial charge in [-0.1, -0.05) is 90.4 Å². The van der Waals surface area contributed by atoms with E-state index < -0.39 is 20.3 Å². The molecule has 0 aliphatic carbocycles. The maximum atomic E-state index is 11.8. The third-order valence-electron chi connectivity index (χ3n) is 4.69. The van der Waals surface area contributed by atoms with Crippen molar-refractivity contribution in [1.82, 2.24) is 5.06 Å². The van der Waals surface area contributed by atoms with Crippen molar-refractivity contribution in [2.75, 3.05) is 6.61 Å². The van der Waals surface area contributed by atoms with Crippen LogP contribution in [0.5, 0.6) is 0 Å². The highest BCUT2D eigenvalue weighted by molar-refractivity contribution is 7.47. The van der Waals surface area contributed by atoms with Crippen LogP contribution >= 0.6 is 7.82 Å². The summed E-state index contributed by atoms with van der Waals surface area (Å²) in [4.78, 5) is 9.63. The normalized spacial score (nSPS) is 16.2. The fourth-order valence-corrected chi connectivity index (χ4v) is 3.99. The van der Waals surface area contributed by atoms with Crippen LogP contribution in [0.25, 0.3) is 0 Å². The zero-order valence-corrected chi connectivity index (χ0v) is 19.1. The molecule has 7 nitrogen and oxygen atoms in total. The van der Waals surface area contributed by atoms with Crippen molar-refractivity contribution in [1.29, 1.82) is 0 Å². The molecule has 0 aromatic heterocycles. The Morgan fingerprint density at radius 3 is 1.46 bits per heavy atom. The van der Waals surface area contributed by atoms with E-state index in [1.807, 2.05) is 0 Å². The Bertz CT molecular complexity index is 387. The fraction of sp³-hybridized carbons (Fsp3) is 1.00. The van der Waals surface area contributed by atoms with E-state index in [4.69, 9.17) is 9.15 Å². The summed E-state index contributed by atoms with van der Waals surface area (Å²) in [7, 11) is -4.34. The van der Waals surface area contributed by atoms with Crippen LogP contribution in [0.15, 0.2) is 0 Å². The highest BCUT2D eigenvalue weighted by Crippen LogP contribution is 2.45. The standard InChI is InChI=1S/C20H44NO6P/c1-4-5-6-7-8-9-10-11-12-13-14-15-16-17-18-26-28(24,25)27-21(19(2)22)20(3)23/h19-20,22-23H,4-18H2,1-3H3,(H,24,25). The molecule has 3 atom stereocenters. The number of phosphoric ester groups is 1. The average molecular weight is 426 g/mol. The molecular formula is C20H44NO6P. The van der Waals surface area contributed by atoms with Gasteiger partial charge in [-0.2, -0.15) is 4.62 Å². The minimum absolute atomic E-state index is 0.110. The van der Waals surface area contributed by atoms with E-state index in [0.717, 1.165) is 12.8 Å². The molecule has 3 N–H and O–H groups in total. The number of hydroxylamine groups is 2. The molecule has 170 valence electrons. The van der Waals surface area contributed by atoms with E-state index >= 15 is 0 Å². The summed E-state index contributed by atoms with van der Waals surface area (Å²) in [6.07, 6.45) is 14.8. The summed E-state index contributed by atoms with van der Waals surface area (Å²) in [6, 6.07) is 0. The molecule has 0 fully saturated rings. The molecule has 8 heteroatoms. The summed E-state index contributed by atoms with van der Waals surface area (Å²) in [5.41, 5.74) is 0. The van der Waals surface area contributed by atoms with Gasteiger partial charge in [-0.25, -0.2) is 4.57 Å². The van der Waals surface area contributed by atoms with Crippen molar-refractivity contribution < 1.29 is 28.8 Å². The van der Waals surface area contributed by atoms with Crippen LogP contribution in [-0.4, -0.2) is 39.2 Å². The van der Waals surface area contributed by atoms with Gasteiger partial charge >= 0.3 is 7.82 Å². The second-order valence-corrected chi connectivity index (χ2v) is 8.96. The minimum atomic E-state index is -4.34. The van der Waals surface area contributed by atoms with Gasteiger partial charge in [-0.05, 0) is 20.3 Å². The molecule has 0 saturated heterocycles. The van der Waals surface area contributed by atoms with Gasteiger partial charge in [0.05, 0.1) is 6.61 Å². The van der Waals surface area contributed by atoms with Crippen molar-refractivity contribution in [2.45, 2.75) is 123 Å². The van der Waals surface area contributed by atoms with Crippen molar-refractivity contribution in [3.05, 3.63) is 0 Å². The SMILES string of the molecule is CCCCCCCCCCCCCCCCOP(=O)(O)ON(C(C)O)C(C)O. The van der Waals surface area contributed by atoms with Gasteiger partial charge in [0.15, 0.2) is 0 Å². The number of nitrogens with zero attached hydrogens (tertiary/aromatic N) is 1. The van der Waals surface area contributed by atoms with Crippen LogP contribution in [0.2, 0.25) is 0 Å². The minimum Gasteiger partial charge on any atom is -0.376 e. The van der Waals surface area contributed by atoms with Crippen LogP contribution < -0.4 is 0 Å². The number of phosphoric acid groups is 1. The maximum Gasteiger partial charge on any atom is 0.489 e. The van der Waals surface area contributed by atoms with Gasteiger partial charge in [0, 0.05) is 0 Å². The van der Waals surface area contributed by atoms with Gasteiger partial charge in [0.25, 0.3) is 0 Å². The first-order valence-electron chi connectivity index (χ1n) is 11.1.